The third kappa shape index (κ3) is 8.91. The Morgan fingerprint density at radius 2 is 1.31 bits per heavy atom. The van der Waals surface area contributed by atoms with E-state index in [1.807, 2.05) is 102 Å². The van der Waals surface area contributed by atoms with Crippen LogP contribution in [0.4, 0.5) is 0 Å². The number of benzene rings is 2. The monoisotopic (exact) mass is 612 g/mol. The van der Waals surface area contributed by atoms with Crippen LogP contribution in [0.3, 0.4) is 0 Å². The second-order valence-electron chi connectivity index (χ2n) is 9.93. The van der Waals surface area contributed by atoms with E-state index >= 15 is 0 Å². The SMILES string of the molecule is CC(C)(C)C(O)CC(O)C(C)(C)C.[Ir].[c-]1ccccc1-c1cc(-c2ccccc2)ncn1. The van der Waals surface area contributed by atoms with Gasteiger partial charge in [0, 0.05) is 26.5 Å². The van der Waals surface area contributed by atoms with E-state index < -0.39 is 12.2 Å². The topological polar surface area (TPSA) is 66.2 Å². The summed E-state index contributed by atoms with van der Waals surface area (Å²) >= 11 is 0. The van der Waals surface area contributed by atoms with E-state index in [4.69, 9.17) is 0 Å². The second kappa shape index (κ2) is 12.4. The van der Waals surface area contributed by atoms with Crippen LogP contribution in [-0.2, 0) is 20.1 Å². The number of hydrogen-bond donors (Lipinski definition) is 2. The molecule has 3 aromatic rings. The summed E-state index contributed by atoms with van der Waals surface area (Å²) < 4.78 is 0. The molecule has 0 amide bonds. The Labute approximate surface area is 206 Å². The van der Waals surface area contributed by atoms with Gasteiger partial charge in [-0.05, 0) is 22.1 Å². The van der Waals surface area contributed by atoms with Crippen LogP contribution >= 0.6 is 0 Å². The molecule has 1 radical (unpaired) electrons. The molecule has 175 valence electrons. The molecule has 2 unspecified atom stereocenters. The maximum Gasteiger partial charge on any atom is 0.106 e. The Morgan fingerprint density at radius 3 is 1.81 bits per heavy atom. The Kier molecular flexibility index (Phi) is 10.9. The average Bonchev–Trinajstić information content (AvgIpc) is 2.74. The minimum Gasteiger partial charge on any atom is -0.392 e. The number of aliphatic hydroxyl groups excluding tert-OH is 2. The first kappa shape index (κ1) is 28.1. The van der Waals surface area contributed by atoms with Crippen LogP contribution in [0.15, 0.2) is 67.0 Å². The van der Waals surface area contributed by atoms with Crippen molar-refractivity contribution in [1.29, 1.82) is 0 Å². The molecule has 2 N–H and O–H groups in total. The first-order valence-corrected chi connectivity index (χ1v) is 10.7. The van der Waals surface area contributed by atoms with E-state index in [1.165, 1.54) is 0 Å². The minimum atomic E-state index is -0.443. The molecule has 1 aromatic heterocycles. The third-order valence-corrected chi connectivity index (χ3v) is 5.17. The second-order valence-corrected chi connectivity index (χ2v) is 9.93. The molecule has 0 fully saturated rings. The molecule has 3 rings (SSSR count). The van der Waals surface area contributed by atoms with Crippen molar-refractivity contribution in [3.05, 3.63) is 73.1 Å². The van der Waals surface area contributed by atoms with E-state index in [0.29, 0.717) is 6.42 Å². The van der Waals surface area contributed by atoms with Gasteiger partial charge in [0.15, 0.2) is 0 Å². The van der Waals surface area contributed by atoms with Gasteiger partial charge >= 0.3 is 0 Å². The van der Waals surface area contributed by atoms with Crippen molar-refractivity contribution in [1.82, 2.24) is 9.97 Å². The zero-order chi connectivity index (χ0) is 23.1. The quantitative estimate of drug-likeness (QED) is 0.366. The molecule has 0 aliphatic rings. The van der Waals surface area contributed by atoms with Crippen LogP contribution < -0.4 is 0 Å². The van der Waals surface area contributed by atoms with E-state index in [1.54, 1.807) is 6.33 Å². The summed E-state index contributed by atoms with van der Waals surface area (Å²) in [7, 11) is 0. The molecule has 0 bridgehead atoms. The molecule has 2 atom stereocenters. The molecular formula is C27H35IrN2O2-. The fourth-order valence-corrected chi connectivity index (χ4v) is 2.74. The summed E-state index contributed by atoms with van der Waals surface area (Å²) in [6.07, 6.45) is 1.16. The van der Waals surface area contributed by atoms with E-state index in [9.17, 15) is 10.2 Å². The Balaban J connectivity index is 0.000000330. The minimum absolute atomic E-state index is 0. The van der Waals surface area contributed by atoms with Gasteiger partial charge < -0.3 is 10.2 Å². The maximum absolute atomic E-state index is 9.76. The maximum atomic E-state index is 9.76. The van der Waals surface area contributed by atoms with Gasteiger partial charge in [0.2, 0.25) is 0 Å². The predicted octanol–water partition coefficient (Wildman–Crippen LogP) is 5.80. The molecule has 4 nitrogen and oxygen atoms in total. The molecular weight excluding hydrogens is 577 g/mol. The van der Waals surface area contributed by atoms with E-state index in [0.717, 1.165) is 22.5 Å². The van der Waals surface area contributed by atoms with E-state index in [-0.39, 0.29) is 30.9 Å². The molecule has 0 saturated carbocycles. The summed E-state index contributed by atoms with van der Waals surface area (Å²) in [6, 6.07) is 23.1. The molecule has 5 heteroatoms. The van der Waals surface area contributed by atoms with Crippen LogP contribution in [-0.4, -0.2) is 32.4 Å². The molecule has 2 aromatic carbocycles. The van der Waals surface area contributed by atoms with Crippen LogP contribution in [0.1, 0.15) is 48.0 Å². The van der Waals surface area contributed by atoms with Gasteiger partial charge in [0.1, 0.15) is 6.33 Å². The molecule has 0 spiro atoms. The van der Waals surface area contributed by atoms with Gasteiger partial charge in [-0.1, -0.05) is 77.9 Å². The first-order chi connectivity index (χ1) is 14.5. The van der Waals surface area contributed by atoms with Crippen molar-refractivity contribution in [2.24, 2.45) is 10.8 Å². The van der Waals surface area contributed by atoms with Crippen molar-refractivity contribution in [2.75, 3.05) is 0 Å². The molecule has 0 saturated heterocycles. The van der Waals surface area contributed by atoms with Crippen molar-refractivity contribution in [3.63, 3.8) is 0 Å². The average molecular weight is 612 g/mol. The first-order valence-electron chi connectivity index (χ1n) is 10.7. The van der Waals surface area contributed by atoms with Crippen LogP contribution in [0.5, 0.6) is 0 Å². The van der Waals surface area contributed by atoms with Crippen LogP contribution in [0, 0.1) is 16.9 Å². The van der Waals surface area contributed by atoms with Gasteiger partial charge in [0.25, 0.3) is 0 Å². The van der Waals surface area contributed by atoms with Gasteiger partial charge in [0.05, 0.1) is 17.9 Å². The molecule has 0 aliphatic carbocycles. The normalized spacial score (nSPS) is 13.2. The third-order valence-electron chi connectivity index (χ3n) is 5.17. The predicted molar refractivity (Wildman–Crippen MR) is 127 cm³/mol. The number of rotatable bonds is 4. The molecule has 0 aliphatic heterocycles. The zero-order valence-corrected chi connectivity index (χ0v) is 22.2. The summed E-state index contributed by atoms with van der Waals surface area (Å²) in [5.74, 6) is 0. The van der Waals surface area contributed by atoms with Crippen molar-refractivity contribution in [2.45, 2.75) is 60.2 Å². The Hall–Kier alpha value is -1.91. The zero-order valence-electron chi connectivity index (χ0n) is 19.8. The molecule has 32 heavy (non-hydrogen) atoms. The van der Waals surface area contributed by atoms with Gasteiger partial charge in [-0.15, -0.1) is 35.9 Å². The Morgan fingerprint density at radius 1 is 0.781 bits per heavy atom. The summed E-state index contributed by atoms with van der Waals surface area (Å²) in [4.78, 5) is 8.60. The number of nitrogens with zero attached hydrogens (tertiary/aromatic N) is 2. The van der Waals surface area contributed by atoms with Gasteiger partial charge in [-0.25, -0.2) is 4.98 Å². The Bertz CT molecular complexity index is 847. The summed E-state index contributed by atoms with van der Waals surface area (Å²) in [6.45, 7) is 11.9. The van der Waals surface area contributed by atoms with Crippen molar-refractivity contribution in [3.8, 4) is 22.5 Å². The van der Waals surface area contributed by atoms with Crippen molar-refractivity contribution >= 4 is 0 Å². The molecule has 1 heterocycles. The van der Waals surface area contributed by atoms with Crippen LogP contribution in [0.2, 0.25) is 0 Å². The van der Waals surface area contributed by atoms with Crippen molar-refractivity contribution < 1.29 is 30.3 Å². The van der Waals surface area contributed by atoms with Crippen LogP contribution in [0.25, 0.3) is 22.5 Å². The van der Waals surface area contributed by atoms with E-state index in [2.05, 4.69) is 16.0 Å². The fraction of sp³-hybridized carbons (Fsp3) is 0.407. The smallest absolute Gasteiger partial charge is 0.106 e. The summed E-state index contributed by atoms with van der Waals surface area (Å²) in [5, 5.41) is 19.5. The van der Waals surface area contributed by atoms with Gasteiger partial charge in [-0.3, -0.25) is 4.98 Å². The number of hydrogen-bond acceptors (Lipinski definition) is 4. The largest absolute Gasteiger partial charge is 0.392 e. The van der Waals surface area contributed by atoms with Gasteiger partial charge in [-0.2, -0.15) is 0 Å². The number of aliphatic hydroxyl groups is 2. The standard InChI is InChI=1S/C16H11N2.C11H24O2.Ir/c1-3-7-13(8-4-1)15-11-16(18-12-17-15)14-9-5-2-6-10-14;1-10(2,3)8(12)7-9(13)11(4,5)6;/h1-9,11-12H;8-9,12-13H,7H2,1-6H3;/q-1;;. The summed E-state index contributed by atoms with van der Waals surface area (Å²) in [5.41, 5.74) is 3.61. The number of aromatic nitrogens is 2. The fourth-order valence-electron chi connectivity index (χ4n) is 2.74.